The lowest BCUT2D eigenvalue weighted by Crippen LogP contribution is -2.31. The first-order valence-electron chi connectivity index (χ1n) is 8.63. The molecule has 0 radical (unpaired) electrons. The summed E-state index contributed by atoms with van der Waals surface area (Å²) in [4.78, 5) is 4.30. The Bertz CT molecular complexity index is 1110. The largest absolute Gasteiger partial charge is 0.437 e. The molecule has 0 unspecified atom stereocenters. The van der Waals surface area contributed by atoms with Crippen LogP contribution < -0.4 is 4.57 Å². The minimum atomic E-state index is -2.12. The Morgan fingerprint density at radius 3 is 2.86 bits per heavy atom. The van der Waals surface area contributed by atoms with Crippen LogP contribution in [0.5, 0.6) is 0 Å². The zero-order chi connectivity index (χ0) is 17.8. The quantitative estimate of drug-likeness (QED) is 0.495. The molecule has 0 N–H and O–H groups in total. The highest BCUT2D eigenvalue weighted by atomic mass is 16.3. The first-order valence-corrected chi connectivity index (χ1v) is 7.13. The summed E-state index contributed by atoms with van der Waals surface area (Å²) in [6, 6.07) is 11.5. The second-order valence-corrected chi connectivity index (χ2v) is 5.51. The molecular weight excluding hydrogens is 272 g/mol. The Balaban J connectivity index is 2.02. The number of hydrogen-bond donors (Lipinski definition) is 0. The third kappa shape index (κ3) is 1.82. The van der Waals surface area contributed by atoms with E-state index in [1.165, 1.54) is 0 Å². The predicted octanol–water partition coefficient (Wildman–Crippen LogP) is 4.09. The van der Waals surface area contributed by atoms with Crippen LogP contribution >= 0.6 is 0 Å². The number of benzene rings is 1. The van der Waals surface area contributed by atoms with Crippen molar-refractivity contribution in [2.45, 2.75) is 13.8 Å². The second-order valence-electron chi connectivity index (χ2n) is 5.51. The van der Waals surface area contributed by atoms with E-state index >= 15 is 0 Å². The smallest absolute Gasteiger partial charge is 0.227 e. The van der Waals surface area contributed by atoms with Crippen molar-refractivity contribution < 1.29 is 13.1 Å². The first-order chi connectivity index (χ1) is 11.9. The van der Waals surface area contributed by atoms with Crippen LogP contribution in [0.4, 0.5) is 0 Å². The molecule has 0 aliphatic heterocycles. The van der Waals surface area contributed by atoms with E-state index in [9.17, 15) is 0 Å². The minimum absolute atomic E-state index is 0.315. The van der Waals surface area contributed by atoms with Gasteiger partial charge in [0.1, 0.15) is 7.05 Å². The molecular formula is C19H17N2O+. The average Bonchev–Trinajstić information content (AvgIpc) is 2.93. The molecule has 3 nitrogen and oxygen atoms in total. The number of furan rings is 1. The Morgan fingerprint density at radius 1 is 1.14 bits per heavy atom. The molecule has 3 aromatic heterocycles. The molecule has 1 aromatic carbocycles. The molecule has 4 rings (SSSR count). The number of aromatic nitrogens is 2. The highest BCUT2D eigenvalue weighted by Crippen LogP contribution is 2.35. The topological polar surface area (TPSA) is 29.9 Å². The van der Waals surface area contributed by atoms with E-state index in [1.807, 2.05) is 42.8 Å². The van der Waals surface area contributed by atoms with Crippen molar-refractivity contribution in [1.29, 1.82) is 0 Å². The monoisotopic (exact) mass is 292 g/mol. The summed E-state index contributed by atoms with van der Waals surface area (Å²) in [6.45, 7) is -0.103. The molecule has 0 saturated carbocycles. The van der Waals surface area contributed by atoms with Gasteiger partial charge >= 0.3 is 0 Å². The van der Waals surface area contributed by atoms with Crippen LogP contribution in [0, 0.1) is 13.8 Å². The highest BCUT2D eigenvalue weighted by molar-refractivity contribution is 6.08. The number of rotatable bonds is 1. The Hall–Kier alpha value is -2.68. The van der Waals surface area contributed by atoms with E-state index in [1.54, 1.807) is 18.5 Å². The van der Waals surface area contributed by atoms with Gasteiger partial charge in [0.25, 0.3) is 0 Å². The summed E-state index contributed by atoms with van der Waals surface area (Å²) in [5.74, 6) is 0. The normalized spacial score (nSPS) is 14.0. The summed E-state index contributed by atoms with van der Waals surface area (Å²) in [7, 11) is 1.85. The van der Waals surface area contributed by atoms with Crippen LogP contribution in [0.2, 0.25) is 0 Å². The molecule has 0 amide bonds. The maximum atomic E-state index is 7.58. The van der Waals surface area contributed by atoms with Crippen LogP contribution in [0.1, 0.15) is 15.2 Å². The van der Waals surface area contributed by atoms with Crippen LogP contribution in [0.3, 0.4) is 0 Å². The lowest BCUT2D eigenvalue weighted by Gasteiger charge is -2.05. The van der Waals surface area contributed by atoms with Crippen molar-refractivity contribution in [2.75, 3.05) is 0 Å². The van der Waals surface area contributed by atoms with Crippen molar-refractivity contribution in [2.24, 2.45) is 7.05 Å². The summed E-state index contributed by atoms with van der Waals surface area (Å²) < 4.78 is 30.6. The van der Waals surface area contributed by atoms with Crippen molar-refractivity contribution >= 4 is 22.1 Å². The molecule has 0 fully saturated rings. The molecule has 0 bridgehead atoms. The number of pyridine rings is 2. The molecule has 0 atom stereocenters. The van der Waals surface area contributed by atoms with Crippen LogP contribution in [0.15, 0.2) is 53.2 Å². The van der Waals surface area contributed by atoms with Crippen LogP contribution in [-0.4, -0.2) is 4.98 Å². The van der Waals surface area contributed by atoms with E-state index in [0.29, 0.717) is 11.3 Å². The van der Waals surface area contributed by atoms with E-state index in [-0.39, 0.29) is 0 Å². The fraction of sp³-hybridized carbons (Fsp3) is 0.158. The van der Waals surface area contributed by atoms with Gasteiger partial charge in [-0.25, -0.2) is 9.55 Å². The van der Waals surface area contributed by atoms with Crippen molar-refractivity contribution in [3.05, 3.63) is 59.9 Å². The van der Waals surface area contributed by atoms with Gasteiger partial charge in [0, 0.05) is 32.7 Å². The predicted molar refractivity (Wildman–Crippen MR) is 87.6 cm³/mol. The number of aryl methyl sites for hydroxylation is 3. The number of hydrogen-bond acceptors (Lipinski definition) is 2. The van der Waals surface area contributed by atoms with Gasteiger partial charge in [-0.2, -0.15) is 0 Å². The van der Waals surface area contributed by atoms with E-state index in [4.69, 9.17) is 8.53 Å². The van der Waals surface area contributed by atoms with Gasteiger partial charge in [0.15, 0.2) is 11.8 Å². The molecule has 108 valence electrons. The number of fused-ring (bicyclic) bond motifs is 3. The van der Waals surface area contributed by atoms with Gasteiger partial charge in [0.05, 0.1) is 5.56 Å². The van der Waals surface area contributed by atoms with E-state index in [0.717, 1.165) is 33.2 Å². The van der Waals surface area contributed by atoms with Crippen LogP contribution in [0.25, 0.3) is 33.3 Å². The van der Waals surface area contributed by atoms with Gasteiger partial charge in [0.2, 0.25) is 11.4 Å². The maximum Gasteiger partial charge on any atom is 0.227 e. The van der Waals surface area contributed by atoms with E-state index < -0.39 is 6.85 Å². The average molecular weight is 292 g/mol. The lowest BCUT2D eigenvalue weighted by molar-refractivity contribution is -0.660. The van der Waals surface area contributed by atoms with Crippen molar-refractivity contribution in [1.82, 2.24) is 4.98 Å². The van der Waals surface area contributed by atoms with Gasteiger partial charge in [-0.1, -0.05) is 12.1 Å². The molecule has 3 heteroatoms. The third-order valence-electron chi connectivity index (χ3n) is 4.02. The third-order valence-corrected chi connectivity index (χ3v) is 4.02. The first kappa shape index (κ1) is 10.1. The highest BCUT2D eigenvalue weighted by Gasteiger charge is 2.20. The summed E-state index contributed by atoms with van der Waals surface area (Å²) in [5, 5.41) is 1.98. The Labute approximate surface area is 133 Å². The zero-order valence-corrected chi connectivity index (χ0v) is 12.4. The van der Waals surface area contributed by atoms with Gasteiger partial charge in [-0.05, 0) is 37.5 Å². The molecule has 0 saturated heterocycles. The van der Waals surface area contributed by atoms with Crippen LogP contribution in [-0.2, 0) is 7.05 Å². The zero-order valence-electron chi connectivity index (χ0n) is 15.4. The molecule has 22 heavy (non-hydrogen) atoms. The fourth-order valence-electron chi connectivity index (χ4n) is 2.96. The summed E-state index contributed by atoms with van der Waals surface area (Å²) in [6.07, 6.45) is 3.36. The SMILES string of the molecule is [2H]C([2H])([2H])c1ccc(-c2c(C)ccc3c2oc2ncccc23)[n+](C)c1. The van der Waals surface area contributed by atoms with Gasteiger partial charge < -0.3 is 4.42 Å². The van der Waals surface area contributed by atoms with Crippen molar-refractivity contribution in [3.63, 3.8) is 0 Å². The van der Waals surface area contributed by atoms with E-state index in [2.05, 4.69) is 11.1 Å². The van der Waals surface area contributed by atoms with Gasteiger partial charge in [-0.3, -0.25) is 0 Å². The summed E-state index contributed by atoms with van der Waals surface area (Å²) >= 11 is 0. The Morgan fingerprint density at radius 2 is 2.05 bits per heavy atom. The minimum Gasteiger partial charge on any atom is -0.437 e. The van der Waals surface area contributed by atoms with Gasteiger partial charge in [-0.15, -0.1) is 0 Å². The lowest BCUT2D eigenvalue weighted by atomic mass is 10.0. The standard InChI is InChI=1S/C19H17N2O/c1-12-6-9-16(21(3)11-12)17-13(2)7-8-14-15-5-4-10-20-19(15)22-18(14)17/h4-11H,1-3H3/q+1/i1D3. The molecule has 4 aromatic rings. The molecule has 3 heterocycles. The molecule has 0 aliphatic rings. The summed E-state index contributed by atoms with van der Waals surface area (Å²) in [5.41, 5.74) is 4.60. The Kier molecular flexibility index (Phi) is 2.15. The van der Waals surface area contributed by atoms with Crippen molar-refractivity contribution in [3.8, 4) is 11.3 Å². The number of nitrogens with zero attached hydrogens (tertiary/aromatic N) is 2. The fourth-order valence-corrected chi connectivity index (χ4v) is 2.96. The molecule has 0 aliphatic carbocycles. The second kappa shape index (κ2) is 4.67. The maximum absolute atomic E-state index is 7.58. The molecule has 0 spiro atoms.